The zero-order chi connectivity index (χ0) is 19.5. The second-order valence-electron chi connectivity index (χ2n) is 7.04. The molecule has 3 aromatic rings. The molecule has 1 amide bonds. The molecular weight excluding hydrogens is 368 g/mol. The second kappa shape index (κ2) is 8.15. The number of ether oxygens (including phenoxy) is 1. The number of anilines is 1. The zero-order valence-electron chi connectivity index (χ0n) is 16.2. The molecule has 1 aromatic heterocycles. The van der Waals surface area contributed by atoms with Crippen LogP contribution in [-0.4, -0.2) is 23.5 Å². The van der Waals surface area contributed by atoms with E-state index in [4.69, 9.17) is 9.72 Å². The van der Waals surface area contributed by atoms with Crippen LogP contribution in [0.15, 0.2) is 53.9 Å². The standard InChI is InChI=1S/C23H24N2O2S/c1-3-7-22-24-19(15-28-22)18-10-11-21-20(14-18)25(23(26)16(2)27-21)13-12-17-8-5-4-6-9-17/h4-6,8-11,14-16H,3,7,12-13H2,1-2H3. The van der Waals surface area contributed by atoms with Gasteiger partial charge in [-0.1, -0.05) is 37.3 Å². The van der Waals surface area contributed by atoms with E-state index in [2.05, 4.69) is 24.4 Å². The van der Waals surface area contributed by atoms with Crippen molar-refractivity contribution in [1.82, 2.24) is 4.98 Å². The first-order valence-corrected chi connectivity index (χ1v) is 10.6. The molecule has 0 bridgehead atoms. The van der Waals surface area contributed by atoms with Gasteiger partial charge in [0, 0.05) is 17.5 Å². The highest BCUT2D eigenvalue weighted by Gasteiger charge is 2.31. The maximum absolute atomic E-state index is 12.8. The SMILES string of the molecule is CCCc1nc(-c2ccc3c(c2)N(CCc2ccccc2)C(=O)C(C)O3)cs1. The van der Waals surface area contributed by atoms with Gasteiger partial charge in [0.15, 0.2) is 6.10 Å². The minimum absolute atomic E-state index is 0.00512. The molecule has 0 fully saturated rings. The molecule has 0 N–H and O–H groups in total. The van der Waals surface area contributed by atoms with Crippen LogP contribution in [0.1, 0.15) is 30.8 Å². The van der Waals surface area contributed by atoms with Crippen LogP contribution in [0.25, 0.3) is 11.3 Å². The monoisotopic (exact) mass is 392 g/mol. The maximum atomic E-state index is 12.8. The molecule has 2 aromatic carbocycles. The first kappa shape index (κ1) is 18.7. The molecule has 4 rings (SSSR count). The van der Waals surface area contributed by atoms with Crippen LogP contribution < -0.4 is 9.64 Å². The summed E-state index contributed by atoms with van der Waals surface area (Å²) in [6.07, 6.45) is 2.42. The van der Waals surface area contributed by atoms with Crippen LogP contribution in [0.5, 0.6) is 5.75 Å². The highest BCUT2D eigenvalue weighted by molar-refractivity contribution is 7.09. The Bertz CT molecular complexity index is 968. The van der Waals surface area contributed by atoms with Crippen LogP contribution in [-0.2, 0) is 17.6 Å². The van der Waals surface area contributed by atoms with E-state index in [0.717, 1.165) is 47.0 Å². The van der Waals surface area contributed by atoms with Gasteiger partial charge in [-0.3, -0.25) is 4.79 Å². The van der Waals surface area contributed by atoms with E-state index in [1.807, 2.05) is 48.2 Å². The minimum atomic E-state index is -0.468. The predicted molar refractivity (Wildman–Crippen MR) is 114 cm³/mol. The lowest BCUT2D eigenvalue weighted by Gasteiger charge is -2.33. The normalized spacial score (nSPS) is 16.0. The molecule has 1 atom stereocenters. The molecule has 144 valence electrons. The smallest absolute Gasteiger partial charge is 0.267 e. The van der Waals surface area contributed by atoms with Gasteiger partial charge in [-0.2, -0.15) is 0 Å². The number of thiazole rings is 1. The van der Waals surface area contributed by atoms with Crippen molar-refractivity contribution in [1.29, 1.82) is 0 Å². The molecule has 5 heteroatoms. The summed E-state index contributed by atoms with van der Waals surface area (Å²) in [6.45, 7) is 4.60. The molecule has 28 heavy (non-hydrogen) atoms. The van der Waals surface area contributed by atoms with Crippen molar-refractivity contribution in [3.63, 3.8) is 0 Å². The predicted octanol–water partition coefficient (Wildman–Crippen LogP) is 5.12. The Morgan fingerprint density at radius 2 is 1.96 bits per heavy atom. The number of benzene rings is 2. The van der Waals surface area contributed by atoms with Gasteiger partial charge in [-0.05, 0) is 49.9 Å². The maximum Gasteiger partial charge on any atom is 0.267 e. The fourth-order valence-corrected chi connectivity index (χ4v) is 4.36. The molecule has 0 radical (unpaired) electrons. The summed E-state index contributed by atoms with van der Waals surface area (Å²) in [5.41, 5.74) is 4.04. The zero-order valence-corrected chi connectivity index (χ0v) is 17.0. The van der Waals surface area contributed by atoms with E-state index in [1.165, 1.54) is 5.56 Å². The Hall–Kier alpha value is -2.66. The van der Waals surface area contributed by atoms with Gasteiger partial charge in [0.2, 0.25) is 0 Å². The van der Waals surface area contributed by atoms with E-state index in [1.54, 1.807) is 11.3 Å². The van der Waals surface area contributed by atoms with E-state index >= 15 is 0 Å². The highest BCUT2D eigenvalue weighted by atomic mass is 32.1. The number of rotatable bonds is 6. The summed E-state index contributed by atoms with van der Waals surface area (Å²) in [5.74, 6) is 0.762. The largest absolute Gasteiger partial charge is 0.479 e. The van der Waals surface area contributed by atoms with E-state index < -0.39 is 6.10 Å². The van der Waals surface area contributed by atoms with Crippen molar-refractivity contribution in [2.75, 3.05) is 11.4 Å². The first-order valence-electron chi connectivity index (χ1n) is 9.76. The number of aromatic nitrogens is 1. The highest BCUT2D eigenvalue weighted by Crippen LogP contribution is 2.38. The summed E-state index contributed by atoms with van der Waals surface area (Å²) in [4.78, 5) is 19.4. The third-order valence-electron chi connectivity index (χ3n) is 4.95. The van der Waals surface area contributed by atoms with Crippen LogP contribution in [0.3, 0.4) is 0 Å². The van der Waals surface area contributed by atoms with Crippen LogP contribution in [0, 0.1) is 0 Å². The summed E-state index contributed by atoms with van der Waals surface area (Å²) >= 11 is 1.69. The second-order valence-corrected chi connectivity index (χ2v) is 7.99. The van der Waals surface area contributed by atoms with Crippen molar-refractivity contribution >= 4 is 22.9 Å². The Balaban J connectivity index is 1.63. The number of fused-ring (bicyclic) bond motifs is 1. The molecule has 0 saturated carbocycles. The lowest BCUT2D eigenvalue weighted by molar-refractivity contribution is -0.125. The van der Waals surface area contributed by atoms with Crippen molar-refractivity contribution in [2.45, 2.75) is 39.2 Å². The fraction of sp³-hybridized carbons (Fsp3) is 0.304. The number of carbonyl (C=O) groups excluding carboxylic acids is 1. The van der Waals surface area contributed by atoms with Crippen molar-refractivity contribution < 1.29 is 9.53 Å². The van der Waals surface area contributed by atoms with E-state index in [-0.39, 0.29) is 5.91 Å². The summed E-state index contributed by atoms with van der Waals surface area (Å²) in [6, 6.07) is 16.3. The van der Waals surface area contributed by atoms with Crippen LogP contribution in [0.2, 0.25) is 0 Å². The Kier molecular flexibility index (Phi) is 5.44. The minimum Gasteiger partial charge on any atom is -0.479 e. The van der Waals surface area contributed by atoms with Gasteiger partial charge >= 0.3 is 0 Å². The molecule has 0 aliphatic carbocycles. The number of aryl methyl sites for hydroxylation is 1. The molecule has 1 unspecified atom stereocenters. The van der Waals surface area contributed by atoms with E-state index in [9.17, 15) is 4.79 Å². The number of hydrogen-bond donors (Lipinski definition) is 0. The molecule has 2 heterocycles. The van der Waals surface area contributed by atoms with Crippen molar-refractivity contribution in [2.24, 2.45) is 0 Å². The number of amides is 1. The lowest BCUT2D eigenvalue weighted by Crippen LogP contribution is -2.45. The van der Waals surface area contributed by atoms with Gasteiger partial charge in [0.1, 0.15) is 5.75 Å². The van der Waals surface area contributed by atoms with Gasteiger partial charge in [-0.15, -0.1) is 11.3 Å². The molecule has 4 nitrogen and oxygen atoms in total. The van der Waals surface area contributed by atoms with Crippen molar-refractivity contribution in [3.05, 3.63) is 64.5 Å². The molecule has 0 spiro atoms. The third kappa shape index (κ3) is 3.80. The third-order valence-corrected chi connectivity index (χ3v) is 5.85. The van der Waals surface area contributed by atoms with Gasteiger partial charge in [0.25, 0.3) is 5.91 Å². The topological polar surface area (TPSA) is 42.4 Å². The first-order chi connectivity index (χ1) is 13.7. The molecule has 1 aliphatic rings. The molecule has 1 aliphatic heterocycles. The van der Waals surface area contributed by atoms with Crippen molar-refractivity contribution in [3.8, 4) is 17.0 Å². The number of nitrogens with zero attached hydrogens (tertiary/aromatic N) is 2. The lowest BCUT2D eigenvalue weighted by atomic mass is 10.1. The fourth-order valence-electron chi connectivity index (χ4n) is 3.45. The summed E-state index contributed by atoms with van der Waals surface area (Å²) in [5, 5.41) is 3.24. The average molecular weight is 393 g/mol. The number of carbonyl (C=O) groups is 1. The molecule has 0 saturated heterocycles. The molecular formula is C23H24N2O2S. The van der Waals surface area contributed by atoms with Crippen LogP contribution >= 0.6 is 11.3 Å². The Morgan fingerprint density at radius 1 is 1.14 bits per heavy atom. The van der Waals surface area contributed by atoms with Gasteiger partial charge < -0.3 is 9.64 Å². The quantitative estimate of drug-likeness (QED) is 0.585. The number of hydrogen-bond acceptors (Lipinski definition) is 4. The van der Waals surface area contributed by atoms with E-state index in [0.29, 0.717) is 6.54 Å². The summed E-state index contributed by atoms with van der Waals surface area (Å²) < 4.78 is 5.85. The summed E-state index contributed by atoms with van der Waals surface area (Å²) in [7, 11) is 0. The van der Waals surface area contributed by atoms with Gasteiger partial charge in [-0.25, -0.2) is 4.98 Å². The van der Waals surface area contributed by atoms with Crippen LogP contribution in [0.4, 0.5) is 5.69 Å². The Labute approximate surface area is 169 Å². The average Bonchev–Trinajstić information content (AvgIpc) is 3.18. The van der Waals surface area contributed by atoms with Gasteiger partial charge in [0.05, 0.1) is 16.4 Å². The Morgan fingerprint density at radius 3 is 2.75 bits per heavy atom.